The van der Waals surface area contributed by atoms with Gasteiger partial charge in [-0.15, -0.1) is 11.3 Å². The van der Waals surface area contributed by atoms with Crippen LogP contribution in [0.4, 0.5) is 0 Å². The van der Waals surface area contributed by atoms with E-state index in [4.69, 9.17) is 12.2 Å². The lowest BCUT2D eigenvalue weighted by Crippen LogP contribution is -2.28. The van der Waals surface area contributed by atoms with E-state index in [9.17, 15) is 4.79 Å². The minimum atomic E-state index is 0.0613. The Kier molecular flexibility index (Phi) is 4.59. The molecule has 1 aliphatic rings. The first-order valence-electron chi connectivity index (χ1n) is 5.93. The number of thioether (sulfide) groups is 1. The van der Waals surface area contributed by atoms with Crippen molar-refractivity contribution in [3.05, 3.63) is 26.8 Å². The number of aryl methyl sites for hydroxylation is 1. The molecule has 0 aliphatic carbocycles. The van der Waals surface area contributed by atoms with Crippen LogP contribution in [0, 0.1) is 6.92 Å². The first-order valence-corrected chi connectivity index (χ1v) is 8.03. The first-order chi connectivity index (χ1) is 8.63. The Bertz CT molecular complexity index is 504. The Labute approximate surface area is 121 Å². The minimum absolute atomic E-state index is 0.0613. The molecule has 0 aromatic carbocycles. The Morgan fingerprint density at radius 2 is 2.28 bits per heavy atom. The molecule has 0 atom stereocenters. The third-order valence-electron chi connectivity index (χ3n) is 2.77. The van der Waals surface area contributed by atoms with E-state index in [0.717, 1.165) is 29.2 Å². The van der Waals surface area contributed by atoms with Gasteiger partial charge in [-0.1, -0.05) is 37.3 Å². The van der Waals surface area contributed by atoms with Crippen molar-refractivity contribution in [2.45, 2.75) is 26.7 Å². The van der Waals surface area contributed by atoms with Crippen LogP contribution >= 0.6 is 35.3 Å². The lowest BCUT2D eigenvalue weighted by atomic mass is 10.2. The molecule has 0 unspecified atom stereocenters. The molecule has 1 amide bonds. The van der Waals surface area contributed by atoms with Gasteiger partial charge in [0.1, 0.15) is 4.32 Å². The molecule has 0 saturated carbocycles. The van der Waals surface area contributed by atoms with Gasteiger partial charge in [0, 0.05) is 11.4 Å². The van der Waals surface area contributed by atoms with Gasteiger partial charge < -0.3 is 0 Å². The number of hydrogen-bond acceptors (Lipinski definition) is 4. The van der Waals surface area contributed by atoms with Crippen LogP contribution in [0.5, 0.6) is 0 Å². The highest BCUT2D eigenvalue weighted by Gasteiger charge is 2.31. The molecule has 0 radical (unpaired) electrons. The number of thiocarbonyl (C=S) groups is 1. The van der Waals surface area contributed by atoms with E-state index in [-0.39, 0.29) is 5.91 Å². The minimum Gasteiger partial charge on any atom is -0.293 e. The standard InChI is InChI=1S/C13H15NOS3/c1-3-4-6-14-12(15)11(18-13(14)16)8-10-9(2)5-7-17-10/h5,7-8H,3-4,6H2,1-2H3/b11-8+. The molecule has 0 spiro atoms. The van der Waals surface area contributed by atoms with Gasteiger partial charge in [0.15, 0.2) is 0 Å². The Balaban J connectivity index is 2.17. The summed E-state index contributed by atoms with van der Waals surface area (Å²) in [5.41, 5.74) is 1.21. The number of carbonyl (C=O) groups is 1. The van der Waals surface area contributed by atoms with Gasteiger partial charge in [0.05, 0.1) is 4.91 Å². The highest BCUT2D eigenvalue weighted by Crippen LogP contribution is 2.34. The van der Waals surface area contributed by atoms with E-state index >= 15 is 0 Å². The van der Waals surface area contributed by atoms with Crippen LogP contribution in [0.15, 0.2) is 16.4 Å². The van der Waals surface area contributed by atoms with Crippen molar-refractivity contribution in [3.8, 4) is 0 Å². The zero-order valence-electron chi connectivity index (χ0n) is 10.4. The van der Waals surface area contributed by atoms with Crippen molar-refractivity contribution >= 4 is 51.6 Å². The summed E-state index contributed by atoms with van der Waals surface area (Å²) in [7, 11) is 0. The maximum atomic E-state index is 12.2. The van der Waals surface area contributed by atoms with E-state index in [1.165, 1.54) is 17.3 Å². The molecule has 2 nitrogen and oxygen atoms in total. The fourth-order valence-electron chi connectivity index (χ4n) is 1.66. The molecular formula is C13H15NOS3. The van der Waals surface area contributed by atoms with E-state index in [2.05, 4.69) is 19.9 Å². The van der Waals surface area contributed by atoms with Gasteiger partial charge in [-0.05, 0) is 36.4 Å². The summed E-state index contributed by atoms with van der Waals surface area (Å²) in [6.07, 6.45) is 4.03. The summed E-state index contributed by atoms with van der Waals surface area (Å²) in [6, 6.07) is 2.06. The molecule has 2 heterocycles. The second-order valence-electron chi connectivity index (χ2n) is 4.15. The van der Waals surface area contributed by atoms with Gasteiger partial charge >= 0.3 is 0 Å². The van der Waals surface area contributed by atoms with Gasteiger partial charge in [0.2, 0.25) is 0 Å². The summed E-state index contributed by atoms with van der Waals surface area (Å²) in [4.78, 5) is 15.8. The van der Waals surface area contributed by atoms with Crippen LogP contribution in [0.1, 0.15) is 30.2 Å². The van der Waals surface area contributed by atoms with Crippen molar-refractivity contribution in [2.24, 2.45) is 0 Å². The molecule has 2 rings (SSSR count). The highest BCUT2D eigenvalue weighted by molar-refractivity contribution is 8.26. The summed E-state index contributed by atoms with van der Waals surface area (Å²) < 4.78 is 0.689. The van der Waals surface area contributed by atoms with E-state index < -0.39 is 0 Å². The largest absolute Gasteiger partial charge is 0.293 e. The number of hydrogen-bond donors (Lipinski definition) is 0. The lowest BCUT2D eigenvalue weighted by molar-refractivity contribution is -0.122. The highest BCUT2D eigenvalue weighted by atomic mass is 32.2. The molecule has 5 heteroatoms. The van der Waals surface area contributed by atoms with Crippen LogP contribution in [0.25, 0.3) is 6.08 Å². The van der Waals surface area contributed by atoms with Crippen molar-refractivity contribution in [1.29, 1.82) is 0 Å². The molecular weight excluding hydrogens is 282 g/mol. The SMILES string of the molecule is CCCCN1C(=O)/C(=C\c2sccc2C)SC1=S. The molecule has 1 aromatic heterocycles. The Morgan fingerprint density at radius 3 is 2.89 bits per heavy atom. The van der Waals surface area contributed by atoms with Crippen molar-refractivity contribution in [2.75, 3.05) is 6.54 Å². The van der Waals surface area contributed by atoms with Crippen molar-refractivity contribution < 1.29 is 4.79 Å². The van der Waals surface area contributed by atoms with Crippen LogP contribution in [0.2, 0.25) is 0 Å². The number of rotatable bonds is 4. The van der Waals surface area contributed by atoms with Gasteiger partial charge in [-0.25, -0.2) is 0 Å². The Morgan fingerprint density at radius 1 is 1.50 bits per heavy atom. The third-order valence-corrected chi connectivity index (χ3v) is 5.12. The van der Waals surface area contributed by atoms with Crippen LogP contribution in [-0.2, 0) is 4.79 Å². The second-order valence-corrected chi connectivity index (χ2v) is 6.78. The summed E-state index contributed by atoms with van der Waals surface area (Å²) in [5.74, 6) is 0.0613. The van der Waals surface area contributed by atoms with Crippen molar-refractivity contribution in [3.63, 3.8) is 0 Å². The fourth-order valence-corrected chi connectivity index (χ4v) is 3.88. The van der Waals surface area contributed by atoms with Gasteiger partial charge in [-0.3, -0.25) is 9.69 Å². The zero-order chi connectivity index (χ0) is 13.1. The van der Waals surface area contributed by atoms with Crippen LogP contribution in [-0.4, -0.2) is 21.7 Å². The average molecular weight is 297 g/mol. The molecule has 1 saturated heterocycles. The first kappa shape index (κ1) is 13.8. The number of nitrogens with zero attached hydrogens (tertiary/aromatic N) is 1. The smallest absolute Gasteiger partial charge is 0.266 e. The Hall–Kier alpha value is -0.650. The van der Waals surface area contributed by atoms with Gasteiger partial charge in [-0.2, -0.15) is 0 Å². The quantitative estimate of drug-likeness (QED) is 0.617. The third kappa shape index (κ3) is 2.84. The van der Waals surface area contributed by atoms with Gasteiger partial charge in [0.25, 0.3) is 5.91 Å². The van der Waals surface area contributed by atoms with E-state index in [1.54, 1.807) is 16.2 Å². The molecule has 96 valence electrons. The second kappa shape index (κ2) is 5.99. The predicted octanol–water partition coefficient (Wildman–Crippen LogP) is 4.06. The molecule has 1 fully saturated rings. The van der Waals surface area contributed by atoms with E-state index in [0.29, 0.717) is 4.32 Å². The van der Waals surface area contributed by atoms with Crippen LogP contribution in [0.3, 0.4) is 0 Å². The average Bonchev–Trinajstić information content (AvgIpc) is 2.84. The number of amides is 1. The van der Waals surface area contributed by atoms with Crippen LogP contribution < -0.4 is 0 Å². The molecule has 1 aliphatic heterocycles. The van der Waals surface area contributed by atoms with E-state index in [1.807, 2.05) is 11.5 Å². The normalized spacial score (nSPS) is 18.1. The lowest BCUT2D eigenvalue weighted by Gasteiger charge is -2.12. The number of carbonyl (C=O) groups excluding carboxylic acids is 1. The summed E-state index contributed by atoms with van der Waals surface area (Å²) in [5, 5.41) is 2.04. The maximum absolute atomic E-state index is 12.2. The topological polar surface area (TPSA) is 20.3 Å². The number of unbranched alkanes of at least 4 members (excludes halogenated alkanes) is 1. The predicted molar refractivity (Wildman–Crippen MR) is 83.8 cm³/mol. The molecule has 0 N–H and O–H groups in total. The monoisotopic (exact) mass is 297 g/mol. The zero-order valence-corrected chi connectivity index (χ0v) is 12.9. The maximum Gasteiger partial charge on any atom is 0.266 e. The number of thiophene rings is 1. The van der Waals surface area contributed by atoms with Crippen molar-refractivity contribution in [1.82, 2.24) is 4.90 Å². The molecule has 0 bridgehead atoms. The fraction of sp³-hybridized carbons (Fsp3) is 0.385. The summed E-state index contributed by atoms with van der Waals surface area (Å²) >= 11 is 8.34. The molecule has 18 heavy (non-hydrogen) atoms. The summed E-state index contributed by atoms with van der Waals surface area (Å²) in [6.45, 7) is 4.91. The molecule has 1 aromatic rings.